The molecule has 1 N–H and O–H groups in total. The second-order valence-electron chi connectivity index (χ2n) is 9.67. The fourth-order valence-corrected chi connectivity index (χ4v) is 5.16. The first kappa shape index (κ1) is 24.1. The summed E-state index contributed by atoms with van der Waals surface area (Å²) >= 11 is 0. The Hall–Kier alpha value is -3.61. The molecule has 184 valence electrons. The molecule has 0 spiro atoms. The molecule has 1 aliphatic heterocycles. The molecule has 0 radical (unpaired) electrons. The van der Waals surface area contributed by atoms with Gasteiger partial charge in [-0.25, -0.2) is 9.37 Å². The van der Waals surface area contributed by atoms with E-state index in [1.54, 1.807) is 12.1 Å². The number of nitrogens with zero attached hydrogens (tertiary/aromatic N) is 2. The van der Waals surface area contributed by atoms with Gasteiger partial charge in [0, 0.05) is 16.5 Å². The zero-order valence-electron chi connectivity index (χ0n) is 20.4. The molecular weight excluding hydrogens is 453 g/mol. The number of para-hydroxylation sites is 1. The van der Waals surface area contributed by atoms with E-state index in [-0.39, 0.29) is 22.9 Å². The molecule has 0 bridgehead atoms. The number of carbonyl (C=O) groups excluding carboxylic acids is 1. The highest BCUT2D eigenvalue weighted by Crippen LogP contribution is 2.34. The number of aromatic nitrogens is 1. The minimum atomic E-state index is -0.418. The Morgan fingerprint density at radius 1 is 1.00 bits per heavy atom. The molecule has 1 fully saturated rings. The first-order valence-corrected chi connectivity index (χ1v) is 12.5. The summed E-state index contributed by atoms with van der Waals surface area (Å²) in [4.78, 5) is 18.9. The number of nitrogens with one attached hydrogen (secondary N) is 1. The summed E-state index contributed by atoms with van der Waals surface area (Å²) in [6.07, 6.45) is 2.81. The standard InChI is InChI=1S/C30H30FN3O2/c1-21(23-13-10-14-24(31)19-23)32-30(35)28-25-15-6-7-16-27(25)33-29(22-11-4-2-5-12-22)26(28)20-34(36)17-8-3-9-18-34/h2,4-7,10-16,19,21H,3,8-9,17-18,20H2,1H3,(H,32,35). The molecule has 1 saturated heterocycles. The molecule has 3 aromatic carbocycles. The number of piperidine rings is 1. The second-order valence-corrected chi connectivity index (χ2v) is 9.67. The van der Waals surface area contributed by atoms with Crippen LogP contribution in [0, 0.1) is 11.0 Å². The lowest BCUT2D eigenvalue weighted by molar-refractivity contribution is -0.898. The van der Waals surface area contributed by atoms with Crippen LogP contribution in [0.2, 0.25) is 0 Å². The Bertz CT molecular complexity index is 1380. The maximum atomic E-state index is 13.9. The highest BCUT2D eigenvalue weighted by molar-refractivity contribution is 6.09. The highest BCUT2D eigenvalue weighted by Gasteiger charge is 2.29. The topological polar surface area (TPSA) is 65.0 Å². The minimum Gasteiger partial charge on any atom is -0.633 e. The van der Waals surface area contributed by atoms with Gasteiger partial charge in [-0.05, 0) is 49.9 Å². The van der Waals surface area contributed by atoms with Gasteiger partial charge in [-0.15, -0.1) is 0 Å². The van der Waals surface area contributed by atoms with Gasteiger partial charge >= 0.3 is 0 Å². The van der Waals surface area contributed by atoms with Gasteiger partial charge in [0.1, 0.15) is 12.4 Å². The summed E-state index contributed by atoms with van der Waals surface area (Å²) < 4.78 is 13.5. The second kappa shape index (κ2) is 10.2. The molecule has 1 atom stereocenters. The molecule has 2 heterocycles. The molecular formula is C30H30FN3O2. The van der Waals surface area contributed by atoms with E-state index in [1.165, 1.54) is 12.1 Å². The molecule has 1 unspecified atom stereocenters. The number of benzene rings is 3. The maximum Gasteiger partial charge on any atom is 0.253 e. The highest BCUT2D eigenvalue weighted by atomic mass is 19.1. The Balaban J connectivity index is 1.66. The van der Waals surface area contributed by atoms with E-state index in [1.807, 2.05) is 61.5 Å². The molecule has 1 aromatic heterocycles. The SMILES string of the molecule is CC(NC(=O)c1c(C[N+]2([O-])CCCCC2)c(-c2ccccc2)nc2ccccc12)c1cccc(F)c1. The zero-order valence-corrected chi connectivity index (χ0v) is 20.4. The quantitative estimate of drug-likeness (QED) is 0.250. The van der Waals surface area contributed by atoms with Gasteiger partial charge in [-0.3, -0.25) is 4.79 Å². The fraction of sp³-hybridized carbons (Fsp3) is 0.267. The third-order valence-corrected chi connectivity index (χ3v) is 7.04. The molecule has 6 heteroatoms. The summed E-state index contributed by atoms with van der Waals surface area (Å²) in [6, 6.07) is 23.1. The molecule has 1 amide bonds. The number of halogens is 1. The Kier molecular flexibility index (Phi) is 6.81. The van der Waals surface area contributed by atoms with Crippen molar-refractivity contribution in [3.63, 3.8) is 0 Å². The minimum absolute atomic E-state index is 0.180. The van der Waals surface area contributed by atoms with Crippen molar-refractivity contribution in [1.29, 1.82) is 0 Å². The lowest BCUT2D eigenvalue weighted by Gasteiger charge is -2.46. The van der Waals surface area contributed by atoms with E-state index >= 15 is 0 Å². The van der Waals surface area contributed by atoms with Crippen molar-refractivity contribution < 1.29 is 13.8 Å². The molecule has 5 nitrogen and oxygen atoms in total. The van der Waals surface area contributed by atoms with Crippen molar-refractivity contribution in [2.24, 2.45) is 0 Å². The van der Waals surface area contributed by atoms with Crippen molar-refractivity contribution in [2.45, 2.75) is 38.8 Å². The van der Waals surface area contributed by atoms with Crippen LogP contribution in [0.3, 0.4) is 0 Å². The molecule has 0 aliphatic carbocycles. The van der Waals surface area contributed by atoms with E-state index in [2.05, 4.69) is 5.32 Å². The van der Waals surface area contributed by atoms with Gasteiger partial charge in [0.25, 0.3) is 5.91 Å². The normalized spacial score (nSPS) is 16.0. The van der Waals surface area contributed by atoms with E-state index < -0.39 is 6.04 Å². The van der Waals surface area contributed by atoms with Gasteiger partial charge < -0.3 is 15.2 Å². The van der Waals surface area contributed by atoms with Crippen LogP contribution in [-0.2, 0) is 6.54 Å². The van der Waals surface area contributed by atoms with Gasteiger partial charge in [0.15, 0.2) is 0 Å². The number of amides is 1. The summed E-state index contributed by atoms with van der Waals surface area (Å²) in [5.74, 6) is -0.640. The largest absolute Gasteiger partial charge is 0.633 e. The fourth-order valence-electron chi connectivity index (χ4n) is 5.16. The first-order valence-electron chi connectivity index (χ1n) is 12.5. The summed E-state index contributed by atoms with van der Waals surface area (Å²) in [5.41, 5.74) is 4.04. The number of pyridine rings is 1. The lowest BCUT2D eigenvalue weighted by atomic mass is 9.94. The smallest absolute Gasteiger partial charge is 0.253 e. The average Bonchev–Trinajstić information content (AvgIpc) is 2.89. The number of hydrogen-bond acceptors (Lipinski definition) is 3. The Morgan fingerprint density at radius 2 is 1.72 bits per heavy atom. The molecule has 0 saturated carbocycles. The van der Waals surface area contributed by atoms with Crippen LogP contribution in [0.25, 0.3) is 22.2 Å². The van der Waals surface area contributed by atoms with Gasteiger partial charge in [0.05, 0.1) is 35.9 Å². The number of likely N-dealkylation sites (tertiary alicyclic amines) is 1. The van der Waals surface area contributed by atoms with Gasteiger partial charge in [-0.1, -0.05) is 60.7 Å². The third kappa shape index (κ3) is 5.01. The Morgan fingerprint density at radius 3 is 2.47 bits per heavy atom. The van der Waals surface area contributed by atoms with E-state index in [0.29, 0.717) is 46.4 Å². The molecule has 5 rings (SSSR count). The molecule has 4 aromatic rings. The summed E-state index contributed by atoms with van der Waals surface area (Å²) in [7, 11) is 0. The van der Waals surface area contributed by atoms with Crippen molar-refractivity contribution in [3.8, 4) is 11.3 Å². The lowest BCUT2D eigenvalue weighted by Crippen LogP contribution is -2.46. The predicted molar refractivity (Wildman–Crippen MR) is 140 cm³/mol. The Labute approximate surface area is 210 Å². The number of fused-ring (bicyclic) bond motifs is 1. The predicted octanol–water partition coefficient (Wildman–Crippen LogP) is 6.53. The van der Waals surface area contributed by atoms with Crippen LogP contribution in [-0.4, -0.2) is 28.6 Å². The number of carbonyl (C=O) groups is 1. The number of hydroxylamine groups is 3. The van der Waals surface area contributed by atoms with E-state index in [9.17, 15) is 14.4 Å². The first-order chi connectivity index (χ1) is 17.4. The third-order valence-electron chi connectivity index (χ3n) is 7.04. The summed E-state index contributed by atoms with van der Waals surface area (Å²) in [5, 5.41) is 17.6. The van der Waals surface area contributed by atoms with Gasteiger partial charge in [0.2, 0.25) is 0 Å². The van der Waals surface area contributed by atoms with Crippen molar-refractivity contribution >= 4 is 16.8 Å². The number of quaternary nitrogens is 1. The molecule has 1 aliphatic rings. The van der Waals surface area contributed by atoms with Crippen LogP contribution < -0.4 is 5.32 Å². The van der Waals surface area contributed by atoms with Crippen LogP contribution in [0.5, 0.6) is 0 Å². The maximum absolute atomic E-state index is 13.9. The molecule has 36 heavy (non-hydrogen) atoms. The monoisotopic (exact) mass is 483 g/mol. The van der Waals surface area contributed by atoms with Crippen molar-refractivity contribution in [2.75, 3.05) is 13.1 Å². The van der Waals surface area contributed by atoms with E-state index in [0.717, 1.165) is 24.8 Å². The van der Waals surface area contributed by atoms with Crippen LogP contribution in [0.15, 0.2) is 78.9 Å². The van der Waals surface area contributed by atoms with Crippen LogP contribution >= 0.6 is 0 Å². The summed E-state index contributed by atoms with van der Waals surface area (Å²) in [6.45, 7) is 3.07. The average molecular weight is 484 g/mol. The van der Waals surface area contributed by atoms with Crippen molar-refractivity contribution in [3.05, 3.63) is 107 Å². The number of hydrogen-bond donors (Lipinski definition) is 1. The van der Waals surface area contributed by atoms with Crippen LogP contribution in [0.4, 0.5) is 4.39 Å². The van der Waals surface area contributed by atoms with E-state index in [4.69, 9.17) is 4.98 Å². The van der Waals surface area contributed by atoms with Crippen molar-refractivity contribution in [1.82, 2.24) is 10.3 Å². The number of rotatable bonds is 6. The van der Waals surface area contributed by atoms with Crippen LogP contribution in [0.1, 0.15) is 53.7 Å². The van der Waals surface area contributed by atoms with Gasteiger partial charge in [-0.2, -0.15) is 0 Å². The zero-order chi connectivity index (χ0) is 25.1.